The molecule has 5 nitrogen and oxygen atoms in total. The van der Waals surface area contributed by atoms with Crippen LogP contribution in [0.5, 0.6) is 0 Å². The first-order valence-corrected chi connectivity index (χ1v) is 8.14. The lowest BCUT2D eigenvalue weighted by Gasteiger charge is -2.22. The van der Waals surface area contributed by atoms with Crippen LogP contribution in [-0.4, -0.2) is 24.4 Å². The molecule has 2 aromatic rings. The van der Waals surface area contributed by atoms with Crippen molar-refractivity contribution in [1.29, 1.82) is 0 Å². The number of aromatic nitrogens is 1. The summed E-state index contributed by atoms with van der Waals surface area (Å²) >= 11 is 0. The summed E-state index contributed by atoms with van der Waals surface area (Å²) in [4.78, 5) is -0.298. The van der Waals surface area contributed by atoms with Gasteiger partial charge in [-0.15, -0.1) is 0 Å². The number of aryl methyl sites for hydroxylation is 1. The van der Waals surface area contributed by atoms with Gasteiger partial charge in [0.1, 0.15) is 10.7 Å². The molecule has 112 valence electrons. The standard InChI is InChI=1S/C14H15FN2O3S/c1-10-9-13(20-16-10)12-6-4-8-17(12)21(18,19)14-7-3-2-5-11(14)15/h2-3,5,7,9,12H,4,6,8H2,1H3/t12-/m0/s1. The van der Waals surface area contributed by atoms with Crippen LogP contribution in [0.15, 0.2) is 39.8 Å². The highest BCUT2D eigenvalue weighted by atomic mass is 32.2. The molecule has 3 rings (SSSR count). The molecule has 21 heavy (non-hydrogen) atoms. The smallest absolute Gasteiger partial charge is 0.246 e. The molecule has 2 heterocycles. The number of halogens is 1. The molecule has 1 aliphatic heterocycles. The Bertz CT molecular complexity index is 757. The number of hydrogen-bond acceptors (Lipinski definition) is 4. The van der Waals surface area contributed by atoms with E-state index in [1.165, 1.54) is 22.5 Å². The molecule has 1 saturated heterocycles. The third-order valence-electron chi connectivity index (χ3n) is 3.60. The largest absolute Gasteiger partial charge is 0.359 e. The van der Waals surface area contributed by atoms with Crippen molar-refractivity contribution in [1.82, 2.24) is 9.46 Å². The van der Waals surface area contributed by atoms with Gasteiger partial charge in [-0.1, -0.05) is 17.3 Å². The minimum absolute atomic E-state index is 0.298. The van der Waals surface area contributed by atoms with Crippen molar-refractivity contribution >= 4 is 10.0 Å². The lowest BCUT2D eigenvalue weighted by molar-refractivity contribution is 0.296. The van der Waals surface area contributed by atoms with Crippen LogP contribution in [0.3, 0.4) is 0 Å². The average Bonchev–Trinajstić information content (AvgIpc) is 3.07. The van der Waals surface area contributed by atoms with E-state index in [0.717, 1.165) is 6.07 Å². The van der Waals surface area contributed by atoms with E-state index < -0.39 is 21.9 Å². The van der Waals surface area contributed by atoms with E-state index in [9.17, 15) is 12.8 Å². The maximum Gasteiger partial charge on any atom is 0.246 e. The minimum atomic E-state index is -3.89. The van der Waals surface area contributed by atoms with Crippen molar-refractivity contribution < 1.29 is 17.3 Å². The van der Waals surface area contributed by atoms with Gasteiger partial charge < -0.3 is 4.52 Å². The Kier molecular flexibility index (Phi) is 3.54. The van der Waals surface area contributed by atoms with E-state index >= 15 is 0 Å². The van der Waals surface area contributed by atoms with Gasteiger partial charge in [0, 0.05) is 12.6 Å². The van der Waals surface area contributed by atoms with Crippen LogP contribution in [0.2, 0.25) is 0 Å². The minimum Gasteiger partial charge on any atom is -0.359 e. The molecule has 1 aliphatic rings. The van der Waals surface area contributed by atoms with Gasteiger partial charge in [-0.3, -0.25) is 0 Å². The van der Waals surface area contributed by atoms with Crippen molar-refractivity contribution in [2.24, 2.45) is 0 Å². The second-order valence-electron chi connectivity index (χ2n) is 5.07. The van der Waals surface area contributed by atoms with Gasteiger partial charge in [0.15, 0.2) is 5.76 Å². The van der Waals surface area contributed by atoms with E-state index in [1.54, 1.807) is 13.0 Å². The number of hydrogen-bond donors (Lipinski definition) is 0. The highest BCUT2D eigenvalue weighted by molar-refractivity contribution is 7.89. The zero-order chi connectivity index (χ0) is 15.0. The number of benzene rings is 1. The molecule has 1 atom stereocenters. The van der Waals surface area contributed by atoms with E-state index in [2.05, 4.69) is 5.16 Å². The lowest BCUT2D eigenvalue weighted by Crippen LogP contribution is -2.31. The first kappa shape index (κ1) is 14.2. The quantitative estimate of drug-likeness (QED) is 0.874. The second kappa shape index (κ2) is 5.23. The summed E-state index contributed by atoms with van der Waals surface area (Å²) in [5, 5.41) is 3.80. The predicted molar refractivity (Wildman–Crippen MR) is 73.5 cm³/mol. The summed E-state index contributed by atoms with van der Waals surface area (Å²) in [6.45, 7) is 2.12. The molecule has 0 saturated carbocycles. The summed E-state index contributed by atoms with van der Waals surface area (Å²) in [7, 11) is -3.89. The van der Waals surface area contributed by atoms with Crippen LogP contribution < -0.4 is 0 Å². The summed E-state index contributed by atoms with van der Waals surface area (Å²) in [5.41, 5.74) is 0.695. The van der Waals surface area contributed by atoms with Crippen molar-refractivity contribution in [2.45, 2.75) is 30.7 Å². The molecule has 0 aliphatic carbocycles. The number of sulfonamides is 1. The van der Waals surface area contributed by atoms with E-state index in [1.807, 2.05) is 0 Å². The summed E-state index contributed by atoms with van der Waals surface area (Å²) < 4.78 is 45.7. The van der Waals surface area contributed by atoms with Gasteiger partial charge in [0.25, 0.3) is 0 Å². The van der Waals surface area contributed by atoms with Crippen molar-refractivity contribution in [3.8, 4) is 0 Å². The molecule has 0 radical (unpaired) electrons. The number of rotatable bonds is 3. The van der Waals surface area contributed by atoms with Crippen molar-refractivity contribution in [3.63, 3.8) is 0 Å². The van der Waals surface area contributed by atoms with Gasteiger partial charge in [0.2, 0.25) is 10.0 Å². The monoisotopic (exact) mass is 310 g/mol. The molecule has 1 fully saturated rings. The van der Waals surface area contributed by atoms with Gasteiger partial charge in [-0.2, -0.15) is 4.31 Å². The van der Waals surface area contributed by atoms with Gasteiger partial charge in [-0.25, -0.2) is 12.8 Å². The first-order chi connectivity index (χ1) is 10.00. The van der Waals surface area contributed by atoms with Crippen LogP contribution >= 0.6 is 0 Å². The Balaban J connectivity index is 2.00. The first-order valence-electron chi connectivity index (χ1n) is 6.70. The molecule has 0 spiro atoms. The highest BCUT2D eigenvalue weighted by Crippen LogP contribution is 2.37. The Morgan fingerprint density at radius 3 is 2.81 bits per heavy atom. The predicted octanol–water partition coefficient (Wildman–Crippen LogP) is 2.65. The summed E-state index contributed by atoms with van der Waals surface area (Å²) in [6, 6.07) is 6.72. The molecule has 1 aromatic carbocycles. The van der Waals surface area contributed by atoms with Crippen LogP contribution in [0.25, 0.3) is 0 Å². The molecule has 0 amide bonds. The van der Waals surface area contributed by atoms with Gasteiger partial charge in [0.05, 0.1) is 11.7 Å². The molecule has 1 aromatic heterocycles. The van der Waals surface area contributed by atoms with Crippen molar-refractivity contribution in [3.05, 3.63) is 47.6 Å². The fourth-order valence-electron chi connectivity index (χ4n) is 2.63. The number of nitrogens with zero attached hydrogens (tertiary/aromatic N) is 2. The molecular formula is C14H15FN2O3S. The Hall–Kier alpha value is -1.73. The van der Waals surface area contributed by atoms with Crippen molar-refractivity contribution in [2.75, 3.05) is 6.54 Å². The van der Waals surface area contributed by atoms with Crippen LogP contribution in [0, 0.1) is 12.7 Å². The van der Waals surface area contributed by atoms with E-state index in [-0.39, 0.29) is 4.90 Å². The van der Waals surface area contributed by atoms with Crippen LogP contribution in [-0.2, 0) is 10.0 Å². The molecule has 0 unspecified atom stereocenters. The molecule has 0 N–H and O–H groups in total. The third kappa shape index (κ3) is 2.47. The zero-order valence-electron chi connectivity index (χ0n) is 11.5. The third-order valence-corrected chi connectivity index (χ3v) is 5.54. The summed E-state index contributed by atoms with van der Waals surface area (Å²) in [5.74, 6) is -0.234. The maximum atomic E-state index is 13.8. The van der Waals surface area contributed by atoms with Crippen LogP contribution in [0.4, 0.5) is 4.39 Å². The Labute approximate surface area is 122 Å². The average molecular weight is 310 g/mol. The Morgan fingerprint density at radius 2 is 2.14 bits per heavy atom. The zero-order valence-corrected chi connectivity index (χ0v) is 12.3. The van der Waals surface area contributed by atoms with Gasteiger partial charge >= 0.3 is 0 Å². The van der Waals surface area contributed by atoms with E-state index in [4.69, 9.17) is 4.52 Å². The lowest BCUT2D eigenvalue weighted by atomic mass is 10.2. The Morgan fingerprint density at radius 1 is 1.38 bits per heavy atom. The maximum absolute atomic E-state index is 13.8. The molecule has 7 heteroatoms. The van der Waals surface area contributed by atoms with Crippen LogP contribution in [0.1, 0.15) is 30.3 Å². The topological polar surface area (TPSA) is 63.4 Å². The van der Waals surface area contributed by atoms with E-state index in [0.29, 0.717) is 30.8 Å². The fourth-order valence-corrected chi connectivity index (χ4v) is 4.36. The second-order valence-corrected chi connectivity index (χ2v) is 6.93. The van der Waals surface area contributed by atoms with Gasteiger partial charge in [-0.05, 0) is 31.9 Å². The highest BCUT2D eigenvalue weighted by Gasteiger charge is 2.39. The fraction of sp³-hybridized carbons (Fsp3) is 0.357. The molecule has 0 bridgehead atoms. The normalized spacial score (nSPS) is 20.0. The summed E-state index contributed by atoms with van der Waals surface area (Å²) in [6.07, 6.45) is 1.35. The molecular weight excluding hydrogens is 295 g/mol. The SMILES string of the molecule is Cc1cc([C@@H]2CCCN2S(=O)(=O)c2ccccc2F)on1.